The van der Waals surface area contributed by atoms with Crippen molar-refractivity contribution in [1.82, 2.24) is 0 Å². The van der Waals surface area contributed by atoms with Crippen molar-refractivity contribution in [2.45, 2.75) is 49.7 Å². The zero-order chi connectivity index (χ0) is 12.3. The SMILES string of the molecule is Cc1ccccc1CS(=O)C1CCCC(N)C1. The maximum Gasteiger partial charge on any atom is 0.0491 e. The first kappa shape index (κ1) is 12.8. The molecule has 17 heavy (non-hydrogen) atoms. The second-order valence-electron chi connectivity index (χ2n) is 5.00. The van der Waals surface area contributed by atoms with Crippen LogP contribution in [0.1, 0.15) is 36.8 Å². The number of hydrogen-bond donors (Lipinski definition) is 1. The number of aryl methyl sites for hydroxylation is 1. The molecule has 1 aliphatic rings. The van der Waals surface area contributed by atoms with Crippen molar-refractivity contribution in [2.24, 2.45) is 5.73 Å². The summed E-state index contributed by atoms with van der Waals surface area (Å²) in [6.07, 6.45) is 4.23. The Morgan fingerprint density at radius 2 is 2.12 bits per heavy atom. The third-order valence-corrected chi connectivity index (χ3v) is 5.36. The largest absolute Gasteiger partial charge is 0.328 e. The zero-order valence-corrected chi connectivity index (χ0v) is 11.2. The first-order chi connectivity index (χ1) is 8.16. The fourth-order valence-corrected chi connectivity index (χ4v) is 4.22. The number of benzene rings is 1. The molecule has 94 valence electrons. The molecule has 1 aliphatic carbocycles. The van der Waals surface area contributed by atoms with Gasteiger partial charge in [0.15, 0.2) is 0 Å². The molecule has 2 N–H and O–H groups in total. The van der Waals surface area contributed by atoms with Crippen molar-refractivity contribution >= 4 is 10.8 Å². The summed E-state index contributed by atoms with van der Waals surface area (Å²) in [7, 11) is -0.768. The Morgan fingerprint density at radius 3 is 2.82 bits per heavy atom. The summed E-state index contributed by atoms with van der Waals surface area (Å²) in [5, 5.41) is 0.304. The van der Waals surface area contributed by atoms with Gasteiger partial charge in [0, 0.05) is 27.8 Å². The first-order valence-electron chi connectivity index (χ1n) is 6.34. The number of hydrogen-bond acceptors (Lipinski definition) is 2. The van der Waals surface area contributed by atoms with Crippen LogP contribution in [0.3, 0.4) is 0 Å². The topological polar surface area (TPSA) is 43.1 Å². The van der Waals surface area contributed by atoms with Gasteiger partial charge in [0.05, 0.1) is 0 Å². The Kier molecular flexibility index (Phi) is 4.35. The molecule has 0 radical (unpaired) electrons. The van der Waals surface area contributed by atoms with E-state index in [2.05, 4.69) is 19.1 Å². The number of rotatable bonds is 3. The molecule has 1 fully saturated rings. The second-order valence-corrected chi connectivity index (χ2v) is 6.72. The van der Waals surface area contributed by atoms with Gasteiger partial charge in [0.25, 0.3) is 0 Å². The number of nitrogens with two attached hydrogens (primary N) is 1. The summed E-state index contributed by atoms with van der Waals surface area (Å²) >= 11 is 0. The van der Waals surface area contributed by atoms with Gasteiger partial charge in [0.2, 0.25) is 0 Å². The molecule has 0 aliphatic heterocycles. The van der Waals surface area contributed by atoms with E-state index in [-0.39, 0.29) is 6.04 Å². The van der Waals surface area contributed by atoms with E-state index >= 15 is 0 Å². The van der Waals surface area contributed by atoms with Crippen LogP contribution >= 0.6 is 0 Å². The van der Waals surface area contributed by atoms with Crippen LogP contribution in [-0.4, -0.2) is 15.5 Å². The minimum Gasteiger partial charge on any atom is -0.328 e. The van der Waals surface area contributed by atoms with Gasteiger partial charge in [-0.3, -0.25) is 4.21 Å². The maximum absolute atomic E-state index is 12.3. The molecular formula is C14H21NOS. The van der Waals surface area contributed by atoms with E-state index in [1.54, 1.807) is 0 Å². The van der Waals surface area contributed by atoms with E-state index < -0.39 is 10.8 Å². The molecule has 2 rings (SSSR count). The predicted molar refractivity (Wildman–Crippen MR) is 73.3 cm³/mol. The molecule has 0 saturated heterocycles. The molecule has 1 aromatic carbocycles. The lowest BCUT2D eigenvalue weighted by atomic mass is 9.96. The molecule has 1 saturated carbocycles. The fraction of sp³-hybridized carbons (Fsp3) is 0.571. The summed E-state index contributed by atoms with van der Waals surface area (Å²) in [5.41, 5.74) is 8.40. The van der Waals surface area contributed by atoms with E-state index in [9.17, 15) is 4.21 Å². The highest BCUT2D eigenvalue weighted by Crippen LogP contribution is 2.23. The van der Waals surface area contributed by atoms with Crippen molar-refractivity contribution in [3.63, 3.8) is 0 Å². The maximum atomic E-state index is 12.3. The third-order valence-electron chi connectivity index (χ3n) is 3.60. The molecule has 2 nitrogen and oxygen atoms in total. The summed E-state index contributed by atoms with van der Waals surface area (Å²) in [5.74, 6) is 0.685. The van der Waals surface area contributed by atoms with Gasteiger partial charge in [-0.15, -0.1) is 0 Å². The van der Waals surface area contributed by atoms with Crippen molar-refractivity contribution < 1.29 is 4.21 Å². The molecule has 0 bridgehead atoms. The van der Waals surface area contributed by atoms with Gasteiger partial charge in [-0.1, -0.05) is 30.7 Å². The smallest absolute Gasteiger partial charge is 0.0491 e. The molecule has 0 amide bonds. The molecule has 0 spiro atoms. The Labute approximate surface area is 106 Å². The second kappa shape index (κ2) is 5.78. The minimum atomic E-state index is -0.768. The van der Waals surface area contributed by atoms with Crippen LogP contribution in [0.2, 0.25) is 0 Å². The highest BCUT2D eigenvalue weighted by atomic mass is 32.2. The van der Waals surface area contributed by atoms with Gasteiger partial charge < -0.3 is 5.73 Å². The monoisotopic (exact) mass is 251 g/mol. The Morgan fingerprint density at radius 1 is 1.35 bits per heavy atom. The molecule has 0 aromatic heterocycles. The zero-order valence-electron chi connectivity index (χ0n) is 10.4. The van der Waals surface area contributed by atoms with Crippen LogP contribution in [0.4, 0.5) is 0 Å². The van der Waals surface area contributed by atoms with E-state index in [1.165, 1.54) is 11.1 Å². The van der Waals surface area contributed by atoms with E-state index in [1.807, 2.05) is 12.1 Å². The third kappa shape index (κ3) is 3.39. The van der Waals surface area contributed by atoms with Crippen LogP contribution in [0, 0.1) is 6.92 Å². The summed E-state index contributed by atoms with van der Waals surface area (Å²) in [6.45, 7) is 2.08. The molecule has 3 heteroatoms. The highest BCUT2D eigenvalue weighted by Gasteiger charge is 2.24. The van der Waals surface area contributed by atoms with Crippen LogP contribution in [-0.2, 0) is 16.6 Å². The Hall–Kier alpha value is -0.670. The summed E-state index contributed by atoms with van der Waals surface area (Å²) in [4.78, 5) is 0. The highest BCUT2D eigenvalue weighted by molar-refractivity contribution is 7.84. The van der Waals surface area contributed by atoms with E-state index in [4.69, 9.17) is 5.73 Å². The van der Waals surface area contributed by atoms with Crippen LogP contribution < -0.4 is 5.73 Å². The van der Waals surface area contributed by atoms with E-state index in [0.717, 1.165) is 25.7 Å². The van der Waals surface area contributed by atoms with Crippen molar-refractivity contribution in [3.05, 3.63) is 35.4 Å². The Bertz CT molecular complexity index is 405. The predicted octanol–water partition coefficient (Wildman–Crippen LogP) is 2.51. The van der Waals surface area contributed by atoms with Gasteiger partial charge in [-0.2, -0.15) is 0 Å². The molecule has 0 heterocycles. The van der Waals surface area contributed by atoms with Gasteiger partial charge in [0.1, 0.15) is 0 Å². The van der Waals surface area contributed by atoms with Gasteiger partial charge in [-0.25, -0.2) is 0 Å². The standard InChI is InChI=1S/C14H21NOS/c1-11-5-2-3-6-12(11)10-17(16)14-8-4-7-13(15)9-14/h2-3,5-6,13-14H,4,7-10,15H2,1H3. The quantitative estimate of drug-likeness (QED) is 0.897. The van der Waals surface area contributed by atoms with Crippen molar-refractivity contribution in [3.8, 4) is 0 Å². The average molecular weight is 251 g/mol. The lowest BCUT2D eigenvalue weighted by Gasteiger charge is -2.26. The summed E-state index contributed by atoms with van der Waals surface area (Å²) < 4.78 is 12.3. The van der Waals surface area contributed by atoms with Crippen molar-refractivity contribution in [2.75, 3.05) is 0 Å². The van der Waals surface area contributed by atoms with Crippen LogP contribution in [0.15, 0.2) is 24.3 Å². The molecule has 3 atom stereocenters. The molecular weight excluding hydrogens is 230 g/mol. The molecule has 1 aromatic rings. The van der Waals surface area contributed by atoms with Gasteiger partial charge in [-0.05, 0) is 37.3 Å². The lowest BCUT2D eigenvalue weighted by molar-refractivity contribution is 0.444. The van der Waals surface area contributed by atoms with Crippen LogP contribution in [0.25, 0.3) is 0 Å². The first-order valence-corrected chi connectivity index (χ1v) is 7.72. The minimum absolute atomic E-state index is 0.259. The van der Waals surface area contributed by atoms with E-state index in [0.29, 0.717) is 11.0 Å². The van der Waals surface area contributed by atoms with Gasteiger partial charge >= 0.3 is 0 Å². The average Bonchev–Trinajstić information content (AvgIpc) is 2.32. The molecule has 3 unspecified atom stereocenters. The van der Waals surface area contributed by atoms with Crippen molar-refractivity contribution in [1.29, 1.82) is 0 Å². The normalized spacial score (nSPS) is 26.7. The summed E-state index contributed by atoms with van der Waals surface area (Å²) in [6, 6.07) is 8.47. The fourth-order valence-electron chi connectivity index (χ4n) is 2.46. The Balaban J connectivity index is 1.99. The van der Waals surface area contributed by atoms with Crippen LogP contribution in [0.5, 0.6) is 0 Å². The lowest BCUT2D eigenvalue weighted by Crippen LogP contribution is -2.33.